The van der Waals surface area contributed by atoms with E-state index in [1.165, 1.54) is 0 Å². The minimum Gasteiger partial charge on any atom is -0.291 e. The molecule has 2 aromatic carbocycles. The van der Waals surface area contributed by atoms with Crippen molar-refractivity contribution in [3.05, 3.63) is 36.4 Å². The van der Waals surface area contributed by atoms with Crippen LogP contribution < -0.4 is 11.0 Å². The van der Waals surface area contributed by atoms with Crippen LogP contribution in [0.5, 0.6) is 0 Å². The number of fused-ring (bicyclic) bond motifs is 1. The Morgan fingerprint density at radius 2 is 1.29 bits per heavy atom. The summed E-state index contributed by atoms with van der Waals surface area (Å²) in [5.41, 5.74) is 5.30. The highest BCUT2D eigenvalue weighted by atomic mass is 16.5. The Balaban J connectivity index is 2.81. The first-order valence-electron chi connectivity index (χ1n) is 4.19. The van der Waals surface area contributed by atoms with Gasteiger partial charge in [0.15, 0.2) is 0 Å². The molecule has 0 aliphatic heterocycles. The van der Waals surface area contributed by atoms with Crippen molar-refractivity contribution < 1.29 is 10.4 Å². The fourth-order valence-electron chi connectivity index (χ4n) is 1.53. The van der Waals surface area contributed by atoms with E-state index in [0.29, 0.717) is 11.4 Å². The number of benzene rings is 2. The zero-order valence-corrected chi connectivity index (χ0v) is 7.36. The van der Waals surface area contributed by atoms with E-state index >= 15 is 0 Å². The van der Waals surface area contributed by atoms with E-state index < -0.39 is 0 Å². The molecule has 4 nitrogen and oxygen atoms in total. The third-order valence-electron chi connectivity index (χ3n) is 2.15. The first kappa shape index (κ1) is 8.80. The summed E-state index contributed by atoms with van der Waals surface area (Å²) < 4.78 is 0. The second-order valence-electron chi connectivity index (χ2n) is 2.93. The molecule has 4 heteroatoms. The van der Waals surface area contributed by atoms with E-state index in [4.69, 9.17) is 10.4 Å². The van der Waals surface area contributed by atoms with Gasteiger partial charge in [-0.3, -0.25) is 21.4 Å². The SMILES string of the molecule is ONc1cccc2cccc(NO)c12. The molecule has 2 aromatic rings. The fraction of sp³-hybridized carbons (Fsp3) is 0. The van der Waals surface area contributed by atoms with E-state index in [1.54, 1.807) is 12.1 Å². The summed E-state index contributed by atoms with van der Waals surface area (Å²) in [5, 5.41) is 19.5. The molecule has 0 fully saturated rings. The van der Waals surface area contributed by atoms with Crippen molar-refractivity contribution in [3.63, 3.8) is 0 Å². The van der Waals surface area contributed by atoms with Gasteiger partial charge >= 0.3 is 0 Å². The summed E-state index contributed by atoms with van der Waals surface area (Å²) >= 11 is 0. The highest BCUT2D eigenvalue weighted by Crippen LogP contribution is 2.29. The van der Waals surface area contributed by atoms with Gasteiger partial charge in [-0.05, 0) is 17.5 Å². The molecule has 14 heavy (non-hydrogen) atoms. The van der Waals surface area contributed by atoms with Gasteiger partial charge in [0, 0.05) is 5.39 Å². The molecule has 0 aromatic heterocycles. The molecule has 0 amide bonds. The summed E-state index contributed by atoms with van der Waals surface area (Å²) in [6.45, 7) is 0. The lowest BCUT2D eigenvalue weighted by molar-refractivity contribution is 0.387. The number of rotatable bonds is 2. The van der Waals surface area contributed by atoms with E-state index in [2.05, 4.69) is 11.0 Å². The van der Waals surface area contributed by atoms with Crippen LogP contribution in [0, 0.1) is 0 Å². The Kier molecular flexibility index (Phi) is 2.22. The van der Waals surface area contributed by atoms with Gasteiger partial charge in [-0.1, -0.05) is 24.3 Å². The zero-order chi connectivity index (χ0) is 9.97. The molecule has 0 bridgehead atoms. The van der Waals surface area contributed by atoms with E-state index in [1.807, 2.05) is 24.3 Å². The standard InChI is InChI=1S/C10H10N2O2/c13-11-8-5-1-3-7-4-2-6-9(12-14)10(7)8/h1-6,11-14H. The lowest BCUT2D eigenvalue weighted by Gasteiger charge is -2.08. The maximum atomic E-state index is 8.90. The molecule has 0 radical (unpaired) electrons. The van der Waals surface area contributed by atoms with Crippen molar-refractivity contribution in [2.45, 2.75) is 0 Å². The summed E-state index contributed by atoms with van der Waals surface area (Å²) in [7, 11) is 0. The summed E-state index contributed by atoms with van der Waals surface area (Å²) in [4.78, 5) is 0. The number of anilines is 2. The van der Waals surface area contributed by atoms with Gasteiger partial charge in [0.1, 0.15) is 0 Å². The predicted octanol–water partition coefficient (Wildman–Crippen LogP) is 2.44. The number of hydrogen-bond acceptors (Lipinski definition) is 4. The van der Waals surface area contributed by atoms with Gasteiger partial charge in [-0.25, -0.2) is 0 Å². The second-order valence-corrected chi connectivity index (χ2v) is 2.93. The molecular weight excluding hydrogens is 180 g/mol. The van der Waals surface area contributed by atoms with Crippen LogP contribution in [0.25, 0.3) is 10.8 Å². The third-order valence-corrected chi connectivity index (χ3v) is 2.15. The number of nitrogens with one attached hydrogen (secondary N) is 2. The monoisotopic (exact) mass is 190 g/mol. The Hall–Kier alpha value is -1.78. The van der Waals surface area contributed by atoms with Crippen LogP contribution in [0.15, 0.2) is 36.4 Å². The van der Waals surface area contributed by atoms with E-state index in [-0.39, 0.29) is 0 Å². The molecule has 0 saturated carbocycles. The Bertz CT molecular complexity index is 418. The maximum absolute atomic E-state index is 8.90. The van der Waals surface area contributed by atoms with Gasteiger partial charge < -0.3 is 0 Å². The van der Waals surface area contributed by atoms with Gasteiger partial charge in [0.25, 0.3) is 0 Å². The predicted molar refractivity (Wildman–Crippen MR) is 54.8 cm³/mol. The molecule has 72 valence electrons. The normalized spacial score (nSPS) is 10.1. The molecular formula is C10H10N2O2. The van der Waals surface area contributed by atoms with Crippen molar-refractivity contribution >= 4 is 22.1 Å². The van der Waals surface area contributed by atoms with Crippen LogP contribution in [-0.4, -0.2) is 10.4 Å². The Labute approximate surface area is 80.7 Å². The minimum atomic E-state index is 0.555. The first-order valence-corrected chi connectivity index (χ1v) is 4.19. The van der Waals surface area contributed by atoms with E-state index in [0.717, 1.165) is 10.8 Å². The lowest BCUT2D eigenvalue weighted by Crippen LogP contribution is -1.95. The first-order chi connectivity index (χ1) is 6.86. The average molecular weight is 190 g/mol. The molecule has 0 unspecified atom stereocenters. The van der Waals surface area contributed by atoms with Crippen LogP contribution in [0.4, 0.5) is 11.4 Å². The minimum absolute atomic E-state index is 0.555. The highest BCUT2D eigenvalue weighted by molar-refractivity contribution is 6.02. The molecule has 0 saturated heterocycles. The van der Waals surface area contributed by atoms with Gasteiger partial charge in [0.05, 0.1) is 11.4 Å². The van der Waals surface area contributed by atoms with Crippen molar-refractivity contribution in [3.8, 4) is 0 Å². The van der Waals surface area contributed by atoms with E-state index in [9.17, 15) is 0 Å². The molecule has 2 rings (SSSR count). The van der Waals surface area contributed by atoms with Gasteiger partial charge in [0.2, 0.25) is 0 Å². The average Bonchev–Trinajstić information content (AvgIpc) is 2.27. The third kappa shape index (κ3) is 1.26. The van der Waals surface area contributed by atoms with Crippen LogP contribution in [0.1, 0.15) is 0 Å². The lowest BCUT2D eigenvalue weighted by atomic mass is 10.1. The summed E-state index contributed by atoms with van der Waals surface area (Å²) in [6.07, 6.45) is 0. The molecule has 0 spiro atoms. The van der Waals surface area contributed by atoms with Crippen molar-refractivity contribution in [2.24, 2.45) is 0 Å². The molecule has 0 aliphatic carbocycles. The van der Waals surface area contributed by atoms with Crippen LogP contribution >= 0.6 is 0 Å². The Morgan fingerprint density at radius 1 is 0.786 bits per heavy atom. The molecule has 0 aliphatic rings. The van der Waals surface area contributed by atoms with Crippen molar-refractivity contribution in [2.75, 3.05) is 11.0 Å². The van der Waals surface area contributed by atoms with Crippen molar-refractivity contribution in [1.29, 1.82) is 0 Å². The number of hydrogen-bond donors (Lipinski definition) is 4. The topological polar surface area (TPSA) is 64.5 Å². The molecule has 4 N–H and O–H groups in total. The molecule has 0 atom stereocenters. The zero-order valence-electron chi connectivity index (χ0n) is 7.36. The van der Waals surface area contributed by atoms with Crippen LogP contribution in [0.2, 0.25) is 0 Å². The quantitative estimate of drug-likeness (QED) is 0.549. The van der Waals surface area contributed by atoms with Crippen LogP contribution in [0.3, 0.4) is 0 Å². The Morgan fingerprint density at radius 3 is 1.71 bits per heavy atom. The maximum Gasteiger partial charge on any atom is 0.0702 e. The summed E-state index contributed by atoms with van der Waals surface area (Å²) in [6, 6.07) is 10.9. The highest BCUT2D eigenvalue weighted by Gasteiger charge is 2.04. The van der Waals surface area contributed by atoms with Gasteiger partial charge in [-0.15, -0.1) is 0 Å². The van der Waals surface area contributed by atoms with Crippen LogP contribution in [-0.2, 0) is 0 Å². The smallest absolute Gasteiger partial charge is 0.0702 e. The second kappa shape index (κ2) is 3.53. The largest absolute Gasteiger partial charge is 0.291 e. The van der Waals surface area contributed by atoms with Crippen molar-refractivity contribution in [1.82, 2.24) is 0 Å². The van der Waals surface area contributed by atoms with Gasteiger partial charge in [-0.2, -0.15) is 0 Å². The fourth-order valence-corrected chi connectivity index (χ4v) is 1.53. The summed E-state index contributed by atoms with van der Waals surface area (Å²) in [5.74, 6) is 0. The molecule has 0 heterocycles.